The molecule has 1 amide bonds. The van der Waals surface area contributed by atoms with E-state index in [4.69, 9.17) is 16.2 Å². The number of methoxy groups -OCH3 is 1. The van der Waals surface area contributed by atoms with Gasteiger partial charge in [-0.3, -0.25) is 9.59 Å². The molecule has 2 atom stereocenters. The van der Waals surface area contributed by atoms with Crippen LogP contribution in [0.3, 0.4) is 0 Å². The highest BCUT2D eigenvalue weighted by Gasteiger charge is 2.50. The zero-order valence-corrected chi connectivity index (χ0v) is 16.2. The van der Waals surface area contributed by atoms with Crippen molar-refractivity contribution in [3.63, 3.8) is 0 Å². The number of hydrogen-bond donors (Lipinski definition) is 3. The van der Waals surface area contributed by atoms with E-state index in [9.17, 15) is 14.4 Å². The Balaban J connectivity index is 3.40. The zero-order chi connectivity index (χ0) is 19.3. The van der Waals surface area contributed by atoms with E-state index < -0.39 is 37.5 Å². The molecule has 0 bridgehead atoms. The largest absolute Gasteiger partial charge is 0.467 e. The van der Waals surface area contributed by atoms with Gasteiger partial charge < -0.3 is 21.2 Å². The molecule has 0 unspecified atom stereocenters. The molecule has 25 heavy (non-hydrogen) atoms. The summed E-state index contributed by atoms with van der Waals surface area (Å²) in [6, 6.07) is 7.92. The average Bonchev–Trinajstić information content (AvgIpc) is 2.51. The van der Waals surface area contributed by atoms with Gasteiger partial charge in [0.2, 0.25) is 5.91 Å². The fraction of sp³-hybridized carbons (Fsp3) is 0.471. The molecule has 0 aromatic heterocycles. The maximum absolute atomic E-state index is 13.1. The first-order valence-electron chi connectivity index (χ1n) is 8.02. The maximum Gasteiger partial charge on any atom is 0.333 e. The summed E-state index contributed by atoms with van der Waals surface area (Å²) in [6.07, 6.45) is -0.254. The van der Waals surface area contributed by atoms with E-state index in [1.165, 1.54) is 7.11 Å². The van der Waals surface area contributed by atoms with Gasteiger partial charge in [-0.15, -0.1) is 0 Å². The first-order chi connectivity index (χ1) is 11.5. The molecule has 5 N–H and O–H groups in total. The number of esters is 1. The molecule has 0 radical (unpaired) electrons. The molecule has 7 nitrogen and oxygen atoms in total. The minimum Gasteiger partial charge on any atom is -0.467 e. The van der Waals surface area contributed by atoms with Crippen molar-refractivity contribution in [2.45, 2.75) is 44.1 Å². The monoisotopic (exact) mass is 365 g/mol. The molecular formula is C17H27N3O4Si. The van der Waals surface area contributed by atoms with Gasteiger partial charge in [0.05, 0.1) is 13.2 Å². The molecule has 1 aromatic carbocycles. The van der Waals surface area contributed by atoms with Crippen LogP contribution in [0.4, 0.5) is 0 Å². The third-order valence-electron chi connectivity index (χ3n) is 3.61. The molecule has 0 aliphatic heterocycles. The lowest BCUT2D eigenvalue weighted by molar-refractivity contribution is -0.153. The third-order valence-corrected chi connectivity index (χ3v) is 4.79. The van der Waals surface area contributed by atoms with Gasteiger partial charge in [-0.25, -0.2) is 4.79 Å². The lowest BCUT2D eigenvalue weighted by Crippen LogP contribution is -2.70. The minimum atomic E-state index is -2.12. The number of nitrogens with two attached hydrogens (primary N) is 2. The standard InChI is InChI=1S/C17H27N3O4Si/c1-24-16(23)17(20-25(2,3)4,11-12-8-6-5-7-9-12)15(22)13(18)10-14(19)21/h5-9,13,20H,10-11,18H2,1-4H3,(H2,19,21)/t13-,17+/m0/s1. The van der Waals surface area contributed by atoms with Crippen molar-refractivity contribution in [1.82, 2.24) is 4.98 Å². The Morgan fingerprint density at radius 3 is 2.20 bits per heavy atom. The second-order valence-electron chi connectivity index (χ2n) is 7.08. The van der Waals surface area contributed by atoms with Crippen molar-refractivity contribution in [2.75, 3.05) is 7.11 Å². The quantitative estimate of drug-likeness (QED) is 0.329. The molecule has 8 heteroatoms. The van der Waals surface area contributed by atoms with E-state index in [0.717, 1.165) is 5.56 Å². The maximum atomic E-state index is 13.1. The molecule has 0 aliphatic carbocycles. The molecule has 0 saturated heterocycles. The van der Waals surface area contributed by atoms with E-state index in [2.05, 4.69) is 4.98 Å². The second kappa shape index (κ2) is 8.37. The zero-order valence-electron chi connectivity index (χ0n) is 15.2. The Morgan fingerprint density at radius 2 is 1.76 bits per heavy atom. The molecule has 1 rings (SSSR count). The van der Waals surface area contributed by atoms with E-state index in [1.807, 2.05) is 50.0 Å². The summed E-state index contributed by atoms with van der Waals surface area (Å²) in [5, 5.41) is 0. The summed E-state index contributed by atoms with van der Waals surface area (Å²) < 4.78 is 4.94. The minimum absolute atomic E-state index is 0.0794. The van der Waals surface area contributed by atoms with E-state index >= 15 is 0 Å². The summed E-state index contributed by atoms with van der Waals surface area (Å²) in [5.74, 6) is -2.01. The molecule has 0 saturated carbocycles. The van der Waals surface area contributed by atoms with Gasteiger partial charge in [0.15, 0.2) is 11.3 Å². The number of ketones is 1. The first kappa shape index (κ1) is 21.0. The Bertz CT molecular complexity index is 631. The lowest BCUT2D eigenvalue weighted by atomic mass is 9.83. The Kier molecular flexibility index (Phi) is 7.03. The summed E-state index contributed by atoms with van der Waals surface area (Å²) in [6.45, 7) is 5.88. The van der Waals surface area contributed by atoms with Crippen LogP contribution in [0.1, 0.15) is 12.0 Å². The van der Waals surface area contributed by atoms with Gasteiger partial charge in [-0.1, -0.05) is 50.0 Å². The number of benzene rings is 1. The predicted octanol–water partition coefficient (Wildman–Crippen LogP) is 0.337. The highest BCUT2D eigenvalue weighted by Crippen LogP contribution is 2.22. The Hall–Kier alpha value is -2.03. The van der Waals surface area contributed by atoms with Crippen LogP contribution >= 0.6 is 0 Å². The normalized spacial score (nSPS) is 15.1. The number of Topliss-reactive ketones (excluding diaryl/α,β-unsaturated/α-hetero) is 1. The molecular weight excluding hydrogens is 338 g/mol. The van der Waals surface area contributed by atoms with Crippen molar-refractivity contribution in [1.29, 1.82) is 0 Å². The Labute approximate surface area is 149 Å². The van der Waals surface area contributed by atoms with E-state index in [0.29, 0.717) is 0 Å². The van der Waals surface area contributed by atoms with Gasteiger partial charge in [-0.2, -0.15) is 0 Å². The van der Waals surface area contributed by atoms with Gasteiger partial charge >= 0.3 is 5.97 Å². The van der Waals surface area contributed by atoms with Crippen LogP contribution in [0.2, 0.25) is 19.6 Å². The smallest absolute Gasteiger partial charge is 0.333 e. The van der Waals surface area contributed by atoms with Crippen LogP contribution < -0.4 is 16.4 Å². The second-order valence-corrected chi connectivity index (χ2v) is 11.8. The topological polar surface area (TPSA) is 125 Å². The Morgan fingerprint density at radius 1 is 1.20 bits per heavy atom. The molecule has 0 aliphatic rings. The SMILES string of the molecule is COC(=O)[C@](Cc1ccccc1)(N[Si](C)(C)C)C(=O)[C@@H](N)CC(N)=O. The van der Waals surface area contributed by atoms with Crippen LogP contribution in [-0.2, 0) is 25.5 Å². The van der Waals surface area contributed by atoms with Crippen LogP contribution in [-0.4, -0.2) is 44.6 Å². The van der Waals surface area contributed by atoms with Crippen LogP contribution in [0, 0.1) is 0 Å². The average molecular weight is 366 g/mol. The van der Waals surface area contributed by atoms with Crippen molar-refractivity contribution >= 4 is 25.9 Å². The van der Waals surface area contributed by atoms with Crippen LogP contribution in [0.5, 0.6) is 0 Å². The number of primary amides is 1. The summed E-state index contributed by atoms with van der Waals surface area (Å²) in [7, 11) is -0.894. The molecule has 1 aromatic rings. The summed E-state index contributed by atoms with van der Waals surface area (Å²) in [5.41, 5.74) is 10.2. The molecule has 0 fully saturated rings. The van der Waals surface area contributed by atoms with E-state index in [-0.39, 0.29) is 12.8 Å². The molecule has 0 heterocycles. The number of hydrogen-bond acceptors (Lipinski definition) is 6. The van der Waals surface area contributed by atoms with Crippen molar-refractivity contribution in [2.24, 2.45) is 11.5 Å². The highest BCUT2D eigenvalue weighted by molar-refractivity contribution is 6.74. The number of amides is 1. The van der Waals surface area contributed by atoms with Crippen LogP contribution in [0.15, 0.2) is 30.3 Å². The highest BCUT2D eigenvalue weighted by atomic mass is 28.3. The first-order valence-corrected chi connectivity index (χ1v) is 11.5. The van der Waals surface area contributed by atoms with Crippen molar-refractivity contribution in [3.05, 3.63) is 35.9 Å². The number of rotatable bonds is 9. The summed E-state index contributed by atoms with van der Waals surface area (Å²) >= 11 is 0. The summed E-state index contributed by atoms with van der Waals surface area (Å²) in [4.78, 5) is 40.2. The molecule has 138 valence electrons. The van der Waals surface area contributed by atoms with Crippen LogP contribution in [0.25, 0.3) is 0 Å². The lowest BCUT2D eigenvalue weighted by Gasteiger charge is -2.37. The fourth-order valence-electron chi connectivity index (χ4n) is 2.76. The fourth-order valence-corrected chi connectivity index (χ4v) is 4.35. The van der Waals surface area contributed by atoms with Crippen molar-refractivity contribution < 1.29 is 19.1 Å². The van der Waals surface area contributed by atoms with Gasteiger partial charge in [0, 0.05) is 12.8 Å². The number of nitrogens with one attached hydrogen (secondary N) is 1. The third kappa shape index (κ3) is 5.77. The number of carbonyl (C=O) groups excluding carboxylic acids is 3. The van der Waals surface area contributed by atoms with Gasteiger partial charge in [0.25, 0.3) is 0 Å². The van der Waals surface area contributed by atoms with Crippen molar-refractivity contribution in [3.8, 4) is 0 Å². The predicted molar refractivity (Wildman–Crippen MR) is 98.2 cm³/mol. The number of ether oxygens (including phenoxy) is 1. The number of carbonyl (C=O) groups is 3. The van der Waals surface area contributed by atoms with Gasteiger partial charge in [0.1, 0.15) is 8.24 Å². The van der Waals surface area contributed by atoms with E-state index in [1.54, 1.807) is 0 Å². The molecule has 0 spiro atoms. The van der Waals surface area contributed by atoms with Gasteiger partial charge in [-0.05, 0) is 5.56 Å².